The van der Waals surface area contributed by atoms with E-state index in [1.165, 1.54) is 12.1 Å². The monoisotopic (exact) mass is 323 g/mol. The third-order valence-electron chi connectivity index (χ3n) is 3.98. The first kappa shape index (κ1) is 15.9. The van der Waals surface area contributed by atoms with E-state index in [4.69, 9.17) is 4.42 Å². The number of nitrogens with zero attached hydrogens (tertiary/aromatic N) is 1. The number of hydrogen-bond donors (Lipinski definition) is 0. The van der Waals surface area contributed by atoms with Gasteiger partial charge in [0.2, 0.25) is 0 Å². The molecule has 0 radical (unpaired) electrons. The van der Waals surface area contributed by atoms with Crippen molar-refractivity contribution in [3.63, 3.8) is 0 Å². The predicted octanol–water partition coefficient (Wildman–Crippen LogP) is 4.80. The van der Waals surface area contributed by atoms with Gasteiger partial charge in [0.15, 0.2) is 5.78 Å². The van der Waals surface area contributed by atoms with Gasteiger partial charge in [-0.05, 0) is 49.5 Å². The summed E-state index contributed by atoms with van der Waals surface area (Å²) < 4.78 is 5.14. The lowest BCUT2D eigenvalue weighted by molar-refractivity contribution is -0.402. The minimum Gasteiger partial charge on any atom is -0.401 e. The molecule has 0 N–H and O–H groups in total. The summed E-state index contributed by atoms with van der Waals surface area (Å²) in [4.78, 5) is 22.9. The predicted molar refractivity (Wildman–Crippen MR) is 91.2 cm³/mol. The fourth-order valence-corrected chi connectivity index (χ4v) is 2.78. The Balaban J connectivity index is 1.90. The van der Waals surface area contributed by atoms with Crippen LogP contribution in [0.5, 0.6) is 0 Å². The molecule has 1 saturated carbocycles. The molecule has 0 amide bonds. The minimum absolute atomic E-state index is 0.00425. The zero-order valence-electron chi connectivity index (χ0n) is 13.1. The van der Waals surface area contributed by atoms with Crippen LogP contribution in [-0.2, 0) is 4.79 Å². The van der Waals surface area contributed by atoms with Crippen molar-refractivity contribution < 1.29 is 14.1 Å². The SMILES string of the molecule is O=C1C(=Cc2ccccc2)CCCCC1=Cc1ccc([N+](=O)[O-])o1. The van der Waals surface area contributed by atoms with Gasteiger partial charge in [-0.25, -0.2) is 0 Å². The van der Waals surface area contributed by atoms with Gasteiger partial charge in [0.05, 0.1) is 6.07 Å². The molecular formula is C19H17NO4. The molecule has 3 rings (SSSR count). The molecule has 0 aliphatic heterocycles. The number of allylic oxidation sites excluding steroid dienone is 2. The largest absolute Gasteiger partial charge is 0.433 e. The van der Waals surface area contributed by atoms with Crippen molar-refractivity contribution in [3.05, 3.63) is 75.0 Å². The molecule has 5 nitrogen and oxygen atoms in total. The highest BCUT2D eigenvalue weighted by atomic mass is 16.6. The van der Waals surface area contributed by atoms with Crippen LogP contribution in [0.2, 0.25) is 0 Å². The molecule has 1 aliphatic carbocycles. The van der Waals surface area contributed by atoms with E-state index >= 15 is 0 Å². The highest BCUT2D eigenvalue weighted by Crippen LogP contribution is 2.28. The lowest BCUT2D eigenvalue weighted by Crippen LogP contribution is -2.03. The smallest absolute Gasteiger partial charge is 0.401 e. The second-order valence-electron chi connectivity index (χ2n) is 5.72. The van der Waals surface area contributed by atoms with Crippen LogP contribution in [0.3, 0.4) is 0 Å². The average molecular weight is 323 g/mol. The molecule has 1 heterocycles. The van der Waals surface area contributed by atoms with Gasteiger partial charge in [0.1, 0.15) is 10.7 Å². The molecule has 0 atom stereocenters. The fraction of sp³-hybridized carbons (Fsp3) is 0.211. The highest BCUT2D eigenvalue weighted by molar-refractivity contribution is 6.13. The molecule has 0 unspecified atom stereocenters. The first-order valence-electron chi connectivity index (χ1n) is 7.88. The van der Waals surface area contributed by atoms with E-state index in [2.05, 4.69) is 0 Å². The molecular weight excluding hydrogens is 306 g/mol. The molecule has 1 aromatic heterocycles. The lowest BCUT2D eigenvalue weighted by atomic mass is 9.99. The van der Waals surface area contributed by atoms with Gasteiger partial charge in [0, 0.05) is 11.1 Å². The van der Waals surface area contributed by atoms with Crippen molar-refractivity contribution in [1.29, 1.82) is 0 Å². The molecule has 1 fully saturated rings. The summed E-state index contributed by atoms with van der Waals surface area (Å²) in [7, 11) is 0. The van der Waals surface area contributed by atoms with Gasteiger partial charge >= 0.3 is 5.88 Å². The molecule has 24 heavy (non-hydrogen) atoms. The second-order valence-corrected chi connectivity index (χ2v) is 5.72. The summed E-state index contributed by atoms with van der Waals surface area (Å²) in [5.41, 5.74) is 2.40. The van der Waals surface area contributed by atoms with Crippen molar-refractivity contribution in [2.24, 2.45) is 0 Å². The Bertz CT molecular complexity index is 815. The maximum atomic E-state index is 12.8. The molecule has 0 saturated heterocycles. The van der Waals surface area contributed by atoms with E-state index < -0.39 is 4.92 Å². The molecule has 2 aromatic rings. The third-order valence-corrected chi connectivity index (χ3v) is 3.98. The maximum Gasteiger partial charge on any atom is 0.433 e. The van der Waals surface area contributed by atoms with E-state index in [9.17, 15) is 14.9 Å². The van der Waals surface area contributed by atoms with Crippen LogP contribution in [0, 0.1) is 10.1 Å². The third kappa shape index (κ3) is 3.68. The minimum atomic E-state index is -0.586. The molecule has 0 bridgehead atoms. The lowest BCUT2D eigenvalue weighted by Gasteiger charge is -2.04. The number of rotatable bonds is 3. The first-order valence-corrected chi connectivity index (χ1v) is 7.88. The van der Waals surface area contributed by atoms with E-state index in [-0.39, 0.29) is 11.7 Å². The molecule has 1 aromatic carbocycles. The summed E-state index contributed by atoms with van der Waals surface area (Å²) in [5, 5.41) is 10.7. The standard InChI is InChI=1S/C19H17NO4/c21-19-15(12-14-6-2-1-3-7-14)8-4-5-9-16(19)13-17-10-11-18(24-17)20(22)23/h1-3,6-7,10-13H,4-5,8-9H2. The van der Waals surface area contributed by atoms with Crippen LogP contribution in [-0.4, -0.2) is 10.7 Å². The topological polar surface area (TPSA) is 73.3 Å². The van der Waals surface area contributed by atoms with Crippen molar-refractivity contribution in [2.45, 2.75) is 25.7 Å². The van der Waals surface area contributed by atoms with Gasteiger partial charge in [-0.2, -0.15) is 0 Å². The molecule has 5 heteroatoms. The number of nitro groups is 1. The van der Waals surface area contributed by atoms with Gasteiger partial charge in [0.25, 0.3) is 0 Å². The van der Waals surface area contributed by atoms with Crippen molar-refractivity contribution in [2.75, 3.05) is 0 Å². The van der Waals surface area contributed by atoms with E-state index in [1.807, 2.05) is 36.4 Å². The number of furan rings is 1. The molecule has 0 spiro atoms. The van der Waals surface area contributed by atoms with Crippen LogP contribution in [0.15, 0.2) is 58.0 Å². The maximum absolute atomic E-state index is 12.8. The van der Waals surface area contributed by atoms with Crippen molar-refractivity contribution in [3.8, 4) is 0 Å². The Morgan fingerprint density at radius 1 is 0.958 bits per heavy atom. The number of Topliss-reactive ketones (excluding diaryl/α,β-unsaturated/α-hetero) is 1. The van der Waals surface area contributed by atoms with E-state index in [0.29, 0.717) is 17.8 Å². The summed E-state index contributed by atoms with van der Waals surface area (Å²) in [5.74, 6) is 0.0180. The summed E-state index contributed by atoms with van der Waals surface area (Å²) >= 11 is 0. The summed E-state index contributed by atoms with van der Waals surface area (Å²) in [6.07, 6.45) is 6.79. The van der Waals surface area contributed by atoms with E-state index in [0.717, 1.165) is 30.4 Å². The van der Waals surface area contributed by atoms with Crippen LogP contribution in [0.25, 0.3) is 12.2 Å². The van der Waals surface area contributed by atoms with Crippen LogP contribution < -0.4 is 0 Å². The van der Waals surface area contributed by atoms with Crippen LogP contribution >= 0.6 is 0 Å². The molecule has 122 valence electrons. The summed E-state index contributed by atoms with van der Waals surface area (Å²) in [6, 6.07) is 12.6. The zero-order chi connectivity index (χ0) is 16.9. The Morgan fingerprint density at radius 3 is 2.25 bits per heavy atom. The summed E-state index contributed by atoms with van der Waals surface area (Å²) in [6.45, 7) is 0. The zero-order valence-corrected chi connectivity index (χ0v) is 13.1. The van der Waals surface area contributed by atoms with Crippen molar-refractivity contribution in [1.82, 2.24) is 0 Å². The van der Waals surface area contributed by atoms with Crippen molar-refractivity contribution >= 4 is 23.8 Å². The van der Waals surface area contributed by atoms with Gasteiger partial charge in [-0.15, -0.1) is 0 Å². The first-order chi connectivity index (χ1) is 11.6. The van der Waals surface area contributed by atoms with Crippen LogP contribution in [0.1, 0.15) is 37.0 Å². The normalized spacial score (nSPS) is 18.8. The average Bonchev–Trinajstić information content (AvgIpc) is 2.99. The number of carbonyl (C=O) groups excluding carboxylic acids is 1. The number of benzene rings is 1. The second kappa shape index (κ2) is 7.08. The highest BCUT2D eigenvalue weighted by Gasteiger charge is 2.20. The Kier molecular flexibility index (Phi) is 4.70. The van der Waals surface area contributed by atoms with Gasteiger partial charge in [-0.1, -0.05) is 30.3 Å². The van der Waals surface area contributed by atoms with Gasteiger partial charge < -0.3 is 4.42 Å². The molecule has 1 aliphatic rings. The quantitative estimate of drug-likeness (QED) is 0.352. The fourth-order valence-electron chi connectivity index (χ4n) is 2.78. The Labute approximate surface area is 139 Å². The van der Waals surface area contributed by atoms with Crippen LogP contribution in [0.4, 0.5) is 5.88 Å². The number of ketones is 1. The Hall–Kier alpha value is -2.95. The number of hydrogen-bond acceptors (Lipinski definition) is 4. The van der Waals surface area contributed by atoms with E-state index in [1.54, 1.807) is 6.08 Å². The number of carbonyl (C=O) groups is 1. The van der Waals surface area contributed by atoms with Gasteiger partial charge in [-0.3, -0.25) is 14.9 Å². The Morgan fingerprint density at radius 2 is 1.62 bits per heavy atom.